The first-order valence-corrected chi connectivity index (χ1v) is 20.4. The number of hydrogen-bond acceptors (Lipinski definition) is 1. The lowest BCUT2D eigenvalue weighted by Gasteiger charge is -2.14. The Labute approximate surface area is 331 Å². The Kier molecular flexibility index (Phi) is 6.35. The molecule has 0 N–H and O–H groups in total. The average Bonchev–Trinajstić information content (AvgIpc) is 3.94. The Morgan fingerprint density at radius 1 is 0.281 bits per heavy atom. The van der Waals surface area contributed by atoms with Crippen LogP contribution in [0.2, 0.25) is 0 Å². The Balaban J connectivity index is 1.01. The number of rotatable bonds is 3. The molecule has 3 heteroatoms. The van der Waals surface area contributed by atoms with Crippen LogP contribution >= 0.6 is 11.3 Å². The van der Waals surface area contributed by atoms with Crippen LogP contribution in [0.25, 0.3) is 119 Å². The van der Waals surface area contributed by atoms with Crippen molar-refractivity contribution in [1.82, 2.24) is 9.13 Å². The van der Waals surface area contributed by atoms with Gasteiger partial charge in [0, 0.05) is 47.4 Å². The van der Waals surface area contributed by atoms with Gasteiger partial charge < -0.3 is 9.13 Å². The molecule has 13 rings (SSSR count). The maximum absolute atomic E-state index is 2.47. The van der Waals surface area contributed by atoms with Gasteiger partial charge in [0.05, 0.1) is 27.8 Å². The summed E-state index contributed by atoms with van der Waals surface area (Å²) in [7, 11) is 0. The Morgan fingerprint density at radius 2 is 0.754 bits per heavy atom. The second kappa shape index (κ2) is 11.7. The molecule has 264 valence electrons. The molecular formula is C54H32N2S. The van der Waals surface area contributed by atoms with Gasteiger partial charge in [0.25, 0.3) is 0 Å². The molecule has 0 aliphatic heterocycles. The normalized spacial score (nSPS) is 12.2. The molecule has 0 bridgehead atoms. The summed E-state index contributed by atoms with van der Waals surface area (Å²) in [5, 5.41) is 15.4. The largest absolute Gasteiger partial charge is 0.309 e. The van der Waals surface area contributed by atoms with Crippen molar-refractivity contribution in [2.24, 2.45) is 0 Å². The SMILES string of the molecule is c1ccc2c(c1)sc1cccc(-n3c4ccccc4c4cc(-c5ccc6c(c5)c5ccccc5n6-c5ccc6c7ccccc7c7ccccc7c6c5)ccc43)c12. The maximum atomic E-state index is 2.47. The monoisotopic (exact) mass is 740 g/mol. The maximum Gasteiger partial charge on any atom is 0.0555 e. The van der Waals surface area contributed by atoms with Crippen LogP contribution in [0.1, 0.15) is 0 Å². The molecule has 0 fully saturated rings. The van der Waals surface area contributed by atoms with Gasteiger partial charge in [-0.1, -0.05) is 127 Å². The lowest BCUT2D eigenvalue weighted by atomic mass is 9.94. The standard InChI is InChI=1S/C54H32N2S/c1-2-14-38-36(12-1)37-13-3-4-15-39(37)44-32-35(26-27-40(38)44)55-47-19-8-5-16-41(47)45-30-33(24-28-49(45)55)34-25-29-50-46(31-34)42-17-6-9-20-48(42)56(50)51-21-11-23-53-54(51)43-18-7-10-22-52(43)57-53/h1-32H. The number of benzene rings is 10. The van der Waals surface area contributed by atoms with Crippen molar-refractivity contribution in [2.75, 3.05) is 0 Å². The molecule has 0 unspecified atom stereocenters. The molecule has 0 atom stereocenters. The van der Waals surface area contributed by atoms with E-state index in [9.17, 15) is 0 Å². The highest BCUT2D eigenvalue weighted by molar-refractivity contribution is 7.25. The third-order valence-electron chi connectivity index (χ3n) is 12.3. The molecule has 3 aromatic heterocycles. The zero-order valence-electron chi connectivity index (χ0n) is 30.8. The number of hydrogen-bond donors (Lipinski definition) is 0. The summed E-state index contributed by atoms with van der Waals surface area (Å²) < 4.78 is 7.56. The molecule has 3 heterocycles. The summed E-state index contributed by atoms with van der Waals surface area (Å²) in [6, 6.07) is 72.0. The molecule has 0 saturated heterocycles. The van der Waals surface area contributed by atoms with Crippen molar-refractivity contribution < 1.29 is 0 Å². The fourth-order valence-electron chi connectivity index (χ4n) is 9.82. The average molecular weight is 741 g/mol. The highest BCUT2D eigenvalue weighted by Crippen LogP contribution is 2.43. The molecule has 0 radical (unpaired) electrons. The van der Waals surface area contributed by atoms with Crippen LogP contribution < -0.4 is 0 Å². The van der Waals surface area contributed by atoms with Crippen LogP contribution in [0.3, 0.4) is 0 Å². The molecule has 13 aromatic rings. The van der Waals surface area contributed by atoms with Crippen molar-refractivity contribution in [3.63, 3.8) is 0 Å². The predicted octanol–water partition coefficient (Wildman–Crippen LogP) is 15.4. The summed E-state index contributed by atoms with van der Waals surface area (Å²) in [5.41, 5.74) is 9.69. The molecule has 0 aliphatic carbocycles. The Bertz CT molecular complexity index is 3780. The van der Waals surface area contributed by atoms with Crippen LogP contribution in [0.4, 0.5) is 0 Å². The van der Waals surface area contributed by atoms with Gasteiger partial charge in [-0.25, -0.2) is 0 Å². The van der Waals surface area contributed by atoms with E-state index in [4.69, 9.17) is 0 Å². The minimum Gasteiger partial charge on any atom is -0.309 e. The second-order valence-electron chi connectivity index (χ2n) is 15.2. The van der Waals surface area contributed by atoms with E-state index < -0.39 is 0 Å². The molecular weight excluding hydrogens is 709 g/mol. The van der Waals surface area contributed by atoms with Crippen LogP contribution in [-0.2, 0) is 0 Å². The highest BCUT2D eigenvalue weighted by Gasteiger charge is 2.19. The Morgan fingerprint density at radius 3 is 1.40 bits per heavy atom. The van der Waals surface area contributed by atoms with E-state index in [2.05, 4.69) is 203 Å². The lowest BCUT2D eigenvalue weighted by molar-refractivity contribution is 1.19. The number of aromatic nitrogens is 2. The predicted molar refractivity (Wildman–Crippen MR) is 246 cm³/mol. The van der Waals surface area contributed by atoms with Crippen molar-refractivity contribution in [3.8, 4) is 22.5 Å². The lowest BCUT2D eigenvalue weighted by Crippen LogP contribution is -1.95. The van der Waals surface area contributed by atoms with Crippen molar-refractivity contribution >= 4 is 107 Å². The van der Waals surface area contributed by atoms with Crippen molar-refractivity contribution in [3.05, 3.63) is 194 Å². The zero-order chi connectivity index (χ0) is 37.2. The van der Waals surface area contributed by atoms with E-state index >= 15 is 0 Å². The zero-order valence-corrected chi connectivity index (χ0v) is 31.6. The summed E-state index contributed by atoms with van der Waals surface area (Å²) in [5.74, 6) is 0. The van der Waals surface area contributed by atoms with E-state index in [1.54, 1.807) is 0 Å². The Hall–Kier alpha value is -7.20. The second-order valence-corrected chi connectivity index (χ2v) is 16.3. The third-order valence-corrected chi connectivity index (χ3v) is 13.4. The molecule has 2 nitrogen and oxygen atoms in total. The fraction of sp³-hybridized carbons (Fsp3) is 0. The molecule has 0 aliphatic rings. The van der Waals surface area contributed by atoms with Crippen LogP contribution in [0, 0.1) is 0 Å². The van der Waals surface area contributed by atoms with Crippen LogP contribution in [-0.4, -0.2) is 9.13 Å². The van der Waals surface area contributed by atoms with Gasteiger partial charge in [0.15, 0.2) is 0 Å². The molecule has 57 heavy (non-hydrogen) atoms. The molecule has 10 aromatic carbocycles. The summed E-state index contributed by atoms with van der Waals surface area (Å²) in [6.07, 6.45) is 0. The fourth-order valence-corrected chi connectivity index (χ4v) is 10.9. The summed E-state index contributed by atoms with van der Waals surface area (Å²) >= 11 is 1.87. The van der Waals surface area contributed by atoms with Gasteiger partial charge in [-0.2, -0.15) is 0 Å². The number of para-hydroxylation sites is 2. The van der Waals surface area contributed by atoms with Gasteiger partial charge in [0.1, 0.15) is 0 Å². The van der Waals surface area contributed by atoms with E-state index in [0.29, 0.717) is 0 Å². The van der Waals surface area contributed by atoms with Crippen LogP contribution in [0.5, 0.6) is 0 Å². The first-order valence-electron chi connectivity index (χ1n) is 19.6. The minimum absolute atomic E-state index is 1.17. The van der Waals surface area contributed by atoms with Gasteiger partial charge >= 0.3 is 0 Å². The topological polar surface area (TPSA) is 9.86 Å². The first kappa shape index (κ1) is 31.1. The quantitative estimate of drug-likeness (QED) is 0.160. The first-order chi connectivity index (χ1) is 28.3. The molecule has 0 saturated carbocycles. The smallest absolute Gasteiger partial charge is 0.0555 e. The van der Waals surface area contributed by atoms with Crippen molar-refractivity contribution in [2.45, 2.75) is 0 Å². The van der Waals surface area contributed by atoms with E-state index in [1.165, 1.54) is 119 Å². The van der Waals surface area contributed by atoms with E-state index in [-0.39, 0.29) is 0 Å². The van der Waals surface area contributed by atoms with Crippen molar-refractivity contribution in [1.29, 1.82) is 0 Å². The van der Waals surface area contributed by atoms with Gasteiger partial charge in [0.2, 0.25) is 0 Å². The number of thiophene rings is 1. The third kappa shape index (κ3) is 4.35. The van der Waals surface area contributed by atoms with Crippen LogP contribution in [0.15, 0.2) is 194 Å². The highest BCUT2D eigenvalue weighted by atomic mass is 32.1. The molecule has 0 amide bonds. The minimum atomic E-state index is 1.17. The van der Waals surface area contributed by atoms with E-state index in [0.717, 1.165) is 0 Å². The van der Waals surface area contributed by atoms with E-state index in [1.807, 2.05) is 11.3 Å². The molecule has 0 spiro atoms. The van der Waals surface area contributed by atoms with Gasteiger partial charge in [-0.15, -0.1) is 11.3 Å². The van der Waals surface area contributed by atoms with Gasteiger partial charge in [-0.3, -0.25) is 0 Å². The van der Waals surface area contributed by atoms with Gasteiger partial charge in [-0.05, 0) is 110 Å². The summed E-state index contributed by atoms with van der Waals surface area (Å²) in [4.78, 5) is 0. The number of fused-ring (bicyclic) bond motifs is 15. The number of nitrogens with zero attached hydrogens (tertiary/aromatic N) is 2. The summed E-state index contributed by atoms with van der Waals surface area (Å²) in [6.45, 7) is 0.